The minimum atomic E-state index is -0.161. The van der Waals surface area contributed by atoms with Crippen LogP contribution in [0, 0.1) is 0 Å². The highest BCUT2D eigenvalue weighted by atomic mass is 32.2. The Morgan fingerprint density at radius 3 is 2.64 bits per heavy atom. The Balaban J connectivity index is 1.62. The Morgan fingerprint density at radius 2 is 1.82 bits per heavy atom. The average Bonchev–Trinajstić information content (AvgIpc) is 3.15. The van der Waals surface area contributed by atoms with E-state index in [0.29, 0.717) is 5.16 Å². The molecule has 0 aliphatic heterocycles. The van der Waals surface area contributed by atoms with E-state index in [-0.39, 0.29) is 11.0 Å². The van der Waals surface area contributed by atoms with Crippen molar-refractivity contribution in [1.82, 2.24) is 20.2 Å². The fourth-order valence-corrected chi connectivity index (χ4v) is 3.69. The SMILES string of the molecule is O=C1c2ccccc2CC1Sc1nnnn1-c1ccccc1. The highest BCUT2D eigenvalue weighted by Crippen LogP contribution is 2.33. The lowest BCUT2D eigenvalue weighted by Crippen LogP contribution is -2.12. The Hall–Kier alpha value is -2.47. The number of carbonyl (C=O) groups excluding carboxylic acids is 1. The first-order valence-corrected chi connectivity index (χ1v) is 7.83. The zero-order valence-corrected chi connectivity index (χ0v) is 12.4. The van der Waals surface area contributed by atoms with Gasteiger partial charge < -0.3 is 0 Å². The van der Waals surface area contributed by atoms with Gasteiger partial charge in [-0.1, -0.05) is 54.2 Å². The molecule has 0 saturated carbocycles. The van der Waals surface area contributed by atoms with E-state index in [1.165, 1.54) is 11.8 Å². The van der Waals surface area contributed by atoms with Crippen LogP contribution in [0.3, 0.4) is 0 Å². The van der Waals surface area contributed by atoms with Crippen molar-refractivity contribution in [3.8, 4) is 5.69 Å². The quantitative estimate of drug-likeness (QED) is 0.744. The van der Waals surface area contributed by atoms with Gasteiger partial charge in [-0.25, -0.2) is 0 Å². The molecule has 1 aromatic heterocycles. The van der Waals surface area contributed by atoms with E-state index >= 15 is 0 Å². The standard InChI is InChI=1S/C16H12N4OS/c21-15-13-9-5-4-6-11(13)10-14(15)22-16-17-18-19-20(16)12-7-2-1-3-8-12/h1-9,14H,10H2. The van der Waals surface area contributed by atoms with Gasteiger partial charge in [0.15, 0.2) is 5.78 Å². The van der Waals surface area contributed by atoms with Crippen molar-refractivity contribution in [2.45, 2.75) is 16.8 Å². The molecule has 6 heteroatoms. The van der Waals surface area contributed by atoms with Crippen LogP contribution < -0.4 is 0 Å². The molecule has 22 heavy (non-hydrogen) atoms. The molecule has 5 nitrogen and oxygen atoms in total. The van der Waals surface area contributed by atoms with Gasteiger partial charge in [0.2, 0.25) is 5.16 Å². The number of tetrazole rings is 1. The van der Waals surface area contributed by atoms with Gasteiger partial charge >= 0.3 is 0 Å². The van der Waals surface area contributed by atoms with Crippen molar-refractivity contribution in [3.63, 3.8) is 0 Å². The van der Waals surface area contributed by atoms with Crippen LogP contribution in [0.5, 0.6) is 0 Å². The van der Waals surface area contributed by atoms with E-state index < -0.39 is 0 Å². The summed E-state index contributed by atoms with van der Waals surface area (Å²) in [4.78, 5) is 12.5. The zero-order valence-electron chi connectivity index (χ0n) is 11.6. The second kappa shape index (κ2) is 5.38. The Labute approximate surface area is 131 Å². The molecule has 0 radical (unpaired) electrons. The summed E-state index contributed by atoms with van der Waals surface area (Å²) >= 11 is 1.42. The van der Waals surface area contributed by atoms with Crippen LogP contribution in [0.25, 0.3) is 5.69 Å². The third kappa shape index (κ3) is 2.21. The lowest BCUT2D eigenvalue weighted by atomic mass is 10.1. The van der Waals surface area contributed by atoms with Gasteiger partial charge in [0.25, 0.3) is 0 Å². The van der Waals surface area contributed by atoms with Crippen LogP contribution in [-0.2, 0) is 6.42 Å². The highest BCUT2D eigenvalue weighted by Gasteiger charge is 2.32. The lowest BCUT2D eigenvalue weighted by molar-refractivity contribution is 0.1000. The van der Waals surface area contributed by atoms with Gasteiger partial charge in [-0.3, -0.25) is 4.79 Å². The molecule has 3 aromatic rings. The largest absolute Gasteiger partial charge is 0.293 e. The van der Waals surface area contributed by atoms with E-state index in [1.807, 2.05) is 54.6 Å². The minimum absolute atomic E-state index is 0.156. The maximum Gasteiger partial charge on any atom is 0.214 e. The molecule has 1 aliphatic carbocycles. The van der Waals surface area contributed by atoms with Gasteiger partial charge in [0, 0.05) is 5.56 Å². The number of carbonyl (C=O) groups is 1. The number of nitrogens with zero attached hydrogens (tertiary/aromatic N) is 4. The number of benzene rings is 2. The number of thioether (sulfide) groups is 1. The number of hydrogen-bond acceptors (Lipinski definition) is 5. The van der Waals surface area contributed by atoms with E-state index in [0.717, 1.165) is 23.2 Å². The van der Waals surface area contributed by atoms with Gasteiger partial charge in [0.1, 0.15) is 0 Å². The molecule has 0 saturated heterocycles. The summed E-state index contributed by atoms with van der Waals surface area (Å²) in [5.41, 5.74) is 2.81. The molecule has 0 amide bonds. The molecule has 0 fully saturated rings. The van der Waals surface area contributed by atoms with E-state index in [2.05, 4.69) is 15.5 Å². The van der Waals surface area contributed by atoms with Crippen LogP contribution >= 0.6 is 11.8 Å². The zero-order chi connectivity index (χ0) is 14.9. The first-order valence-electron chi connectivity index (χ1n) is 6.95. The molecule has 1 heterocycles. The fraction of sp³-hybridized carbons (Fsp3) is 0.125. The Morgan fingerprint density at radius 1 is 1.05 bits per heavy atom. The second-order valence-corrected chi connectivity index (χ2v) is 6.21. The fourth-order valence-electron chi connectivity index (χ4n) is 2.61. The summed E-state index contributed by atoms with van der Waals surface area (Å²) in [6.45, 7) is 0. The predicted molar refractivity (Wildman–Crippen MR) is 83.3 cm³/mol. The summed E-state index contributed by atoms with van der Waals surface area (Å²) < 4.78 is 1.67. The smallest absolute Gasteiger partial charge is 0.214 e. The van der Waals surface area contributed by atoms with E-state index in [1.54, 1.807) is 4.68 Å². The Kier molecular flexibility index (Phi) is 3.23. The third-order valence-corrected chi connectivity index (χ3v) is 4.80. The van der Waals surface area contributed by atoms with Crippen molar-refractivity contribution in [3.05, 3.63) is 65.7 Å². The van der Waals surface area contributed by atoms with Crippen molar-refractivity contribution < 1.29 is 4.79 Å². The summed E-state index contributed by atoms with van der Waals surface area (Å²) in [7, 11) is 0. The number of hydrogen-bond donors (Lipinski definition) is 0. The molecule has 0 spiro atoms. The minimum Gasteiger partial charge on any atom is -0.293 e. The molecule has 1 aliphatic rings. The van der Waals surface area contributed by atoms with Crippen LogP contribution in [-0.4, -0.2) is 31.2 Å². The molecule has 4 rings (SSSR count). The van der Waals surface area contributed by atoms with E-state index in [4.69, 9.17) is 0 Å². The van der Waals surface area contributed by atoms with Gasteiger partial charge in [-0.2, -0.15) is 4.68 Å². The molecule has 0 N–H and O–H groups in total. The molecule has 1 atom stereocenters. The van der Waals surface area contributed by atoms with Crippen molar-refractivity contribution in [2.75, 3.05) is 0 Å². The maximum absolute atomic E-state index is 12.5. The predicted octanol–water partition coefficient (Wildman–Crippen LogP) is 2.56. The average molecular weight is 308 g/mol. The van der Waals surface area contributed by atoms with E-state index in [9.17, 15) is 4.79 Å². The highest BCUT2D eigenvalue weighted by molar-refractivity contribution is 8.00. The van der Waals surface area contributed by atoms with Gasteiger partial charge in [0.05, 0.1) is 10.9 Å². The summed E-state index contributed by atoms with van der Waals surface area (Å²) in [5.74, 6) is 0.156. The second-order valence-electron chi connectivity index (χ2n) is 5.04. The number of rotatable bonds is 3. The number of Topliss-reactive ketones (excluding diaryl/α,β-unsaturated/α-hetero) is 1. The lowest BCUT2D eigenvalue weighted by Gasteiger charge is -2.07. The number of fused-ring (bicyclic) bond motifs is 1. The Bertz CT molecular complexity index is 831. The maximum atomic E-state index is 12.5. The number of ketones is 1. The molecular weight excluding hydrogens is 296 g/mol. The topological polar surface area (TPSA) is 60.7 Å². The number of para-hydroxylation sites is 1. The van der Waals surface area contributed by atoms with Gasteiger partial charge in [-0.05, 0) is 34.5 Å². The van der Waals surface area contributed by atoms with Crippen molar-refractivity contribution >= 4 is 17.5 Å². The summed E-state index contributed by atoms with van der Waals surface area (Å²) in [6.07, 6.45) is 0.724. The number of aromatic nitrogens is 4. The third-order valence-electron chi connectivity index (χ3n) is 3.67. The molecule has 1 unspecified atom stereocenters. The molecule has 108 valence electrons. The summed E-state index contributed by atoms with van der Waals surface area (Å²) in [6, 6.07) is 17.4. The summed E-state index contributed by atoms with van der Waals surface area (Å²) in [5, 5.41) is 12.3. The first kappa shape index (κ1) is 13.2. The van der Waals surface area contributed by atoms with Crippen LogP contribution in [0.15, 0.2) is 59.8 Å². The first-order chi connectivity index (χ1) is 10.8. The van der Waals surface area contributed by atoms with Crippen molar-refractivity contribution in [1.29, 1.82) is 0 Å². The molecular formula is C16H12N4OS. The van der Waals surface area contributed by atoms with Crippen LogP contribution in [0.1, 0.15) is 15.9 Å². The van der Waals surface area contributed by atoms with Gasteiger partial charge in [-0.15, -0.1) is 5.10 Å². The monoisotopic (exact) mass is 308 g/mol. The van der Waals surface area contributed by atoms with Crippen LogP contribution in [0.4, 0.5) is 0 Å². The van der Waals surface area contributed by atoms with Crippen molar-refractivity contribution in [2.24, 2.45) is 0 Å². The van der Waals surface area contributed by atoms with Crippen LogP contribution in [0.2, 0.25) is 0 Å². The normalized spacial score (nSPS) is 16.7. The molecule has 2 aromatic carbocycles. The molecule has 0 bridgehead atoms.